The van der Waals surface area contributed by atoms with Crippen LogP contribution in [0.3, 0.4) is 0 Å². The van der Waals surface area contributed by atoms with Crippen LogP contribution < -0.4 is 14.8 Å². The largest absolute Gasteiger partial charge is 0.493 e. The molecule has 6 heteroatoms. The lowest BCUT2D eigenvalue weighted by Crippen LogP contribution is -2.13. The van der Waals surface area contributed by atoms with Crippen LogP contribution in [-0.4, -0.2) is 30.6 Å². The van der Waals surface area contributed by atoms with Crippen molar-refractivity contribution in [2.75, 3.05) is 25.8 Å². The van der Waals surface area contributed by atoms with Crippen LogP contribution in [0.1, 0.15) is 15.9 Å². The third kappa shape index (κ3) is 3.90. The zero-order chi connectivity index (χ0) is 17.0. The third-order valence-electron chi connectivity index (χ3n) is 3.43. The smallest absolute Gasteiger partial charge is 0.255 e. The van der Waals surface area contributed by atoms with Crippen LogP contribution in [0.5, 0.6) is 11.5 Å². The van der Waals surface area contributed by atoms with Crippen LogP contribution in [0.25, 0.3) is 0 Å². The Balaban J connectivity index is 2.24. The Morgan fingerprint density at radius 1 is 1.04 bits per heavy atom. The number of hydrogen-bond acceptors (Lipinski definition) is 4. The molecule has 2 aromatic rings. The molecule has 0 saturated carbocycles. The molecule has 1 atom stereocenters. The Kier molecular flexibility index (Phi) is 5.39. The molecule has 0 fully saturated rings. The molecule has 0 aliphatic carbocycles. The molecule has 23 heavy (non-hydrogen) atoms. The third-order valence-corrected chi connectivity index (χ3v) is 4.36. The first-order chi connectivity index (χ1) is 11.0. The number of anilines is 1. The number of rotatable bonds is 5. The maximum atomic E-state index is 12.3. The molecule has 1 unspecified atom stereocenters. The average molecular weight is 333 g/mol. The molecular weight excluding hydrogens is 314 g/mol. The van der Waals surface area contributed by atoms with Gasteiger partial charge in [0.2, 0.25) is 0 Å². The van der Waals surface area contributed by atoms with Gasteiger partial charge in [0.05, 0.1) is 14.2 Å². The minimum atomic E-state index is -1.06. The van der Waals surface area contributed by atoms with E-state index in [0.717, 1.165) is 5.56 Å². The highest BCUT2D eigenvalue weighted by molar-refractivity contribution is 7.84. The summed E-state index contributed by atoms with van der Waals surface area (Å²) in [6.07, 6.45) is 1.60. The van der Waals surface area contributed by atoms with Gasteiger partial charge in [-0.25, -0.2) is 0 Å². The summed E-state index contributed by atoms with van der Waals surface area (Å²) in [6, 6.07) is 10.2. The van der Waals surface area contributed by atoms with Gasteiger partial charge in [-0.3, -0.25) is 9.00 Å². The van der Waals surface area contributed by atoms with Gasteiger partial charge in [-0.05, 0) is 42.8 Å². The van der Waals surface area contributed by atoms with Gasteiger partial charge in [0.15, 0.2) is 11.5 Å². The lowest BCUT2D eigenvalue weighted by Gasteiger charge is -2.13. The van der Waals surface area contributed by atoms with E-state index in [9.17, 15) is 9.00 Å². The summed E-state index contributed by atoms with van der Waals surface area (Å²) < 4.78 is 21.9. The molecule has 5 nitrogen and oxygen atoms in total. The summed E-state index contributed by atoms with van der Waals surface area (Å²) in [7, 11) is 2.05. The number of methoxy groups -OCH3 is 2. The van der Waals surface area contributed by atoms with Crippen molar-refractivity contribution in [3.05, 3.63) is 47.5 Å². The lowest BCUT2D eigenvalue weighted by atomic mass is 10.1. The number of aryl methyl sites for hydroxylation is 1. The van der Waals surface area contributed by atoms with Gasteiger partial charge in [0.25, 0.3) is 5.91 Å². The standard InChI is InChI=1S/C17H19NO4S/c1-11-9-15(21-2)16(22-3)10-14(11)18-17(19)12-5-7-13(8-6-12)23(4)20/h5-10H,1-4H3,(H,18,19). The topological polar surface area (TPSA) is 64.6 Å². The zero-order valence-corrected chi connectivity index (χ0v) is 14.3. The maximum absolute atomic E-state index is 12.3. The van der Waals surface area contributed by atoms with Gasteiger partial charge in [0, 0.05) is 39.3 Å². The monoisotopic (exact) mass is 333 g/mol. The van der Waals surface area contributed by atoms with E-state index in [2.05, 4.69) is 5.32 Å². The second kappa shape index (κ2) is 7.28. The van der Waals surface area contributed by atoms with Gasteiger partial charge in [-0.15, -0.1) is 0 Å². The van der Waals surface area contributed by atoms with E-state index >= 15 is 0 Å². The molecule has 122 valence electrons. The van der Waals surface area contributed by atoms with Crippen molar-refractivity contribution in [3.8, 4) is 11.5 Å². The van der Waals surface area contributed by atoms with E-state index in [1.165, 1.54) is 0 Å². The van der Waals surface area contributed by atoms with Crippen LogP contribution in [0.4, 0.5) is 5.69 Å². The summed E-state index contributed by atoms with van der Waals surface area (Å²) in [5, 5.41) is 2.85. The molecule has 1 amide bonds. The van der Waals surface area contributed by atoms with E-state index in [1.54, 1.807) is 56.9 Å². The van der Waals surface area contributed by atoms with Crippen molar-refractivity contribution in [2.45, 2.75) is 11.8 Å². The highest BCUT2D eigenvalue weighted by Crippen LogP contribution is 2.33. The van der Waals surface area contributed by atoms with Gasteiger partial charge in [-0.1, -0.05) is 0 Å². The second-order valence-corrected chi connectivity index (χ2v) is 6.33. The summed E-state index contributed by atoms with van der Waals surface area (Å²) in [5.74, 6) is 0.914. The minimum absolute atomic E-state index is 0.242. The number of carbonyl (C=O) groups is 1. The van der Waals surface area contributed by atoms with E-state index < -0.39 is 10.8 Å². The quantitative estimate of drug-likeness (QED) is 0.913. The number of benzene rings is 2. The molecule has 0 heterocycles. The van der Waals surface area contributed by atoms with E-state index in [-0.39, 0.29) is 5.91 Å². The predicted molar refractivity (Wildman–Crippen MR) is 91.0 cm³/mol. The highest BCUT2D eigenvalue weighted by Gasteiger charge is 2.12. The predicted octanol–water partition coefficient (Wildman–Crippen LogP) is 3.00. The van der Waals surface area contributed by atoms with Gasteiger partial charge in [-0.2, -0.15) is 0 Å². The van der Waals surface area contributed by atoms with Crippen molar-refractivity contribution >= 4 is 22.4 Å². The first-order valence-corrected chi connectivity index (χ1v) is 8.49. The van der Waals surface area contributed by atoms with E-state index in [4.69, 9.17) is 9.47 Å². The first kappa shape index (κ1) is 17.0. The second-order valence-electron chi connectivity index (χ2n) is 4.95. The van der Waals surface area contributed by atoms with Crippen LogP contribution in [0.2, 0.25) is 0 Å². The van der Waals surface area contributed by atoms with Crippen LogP contribution in [-0.2, 0) is 10.8 Å². The molecule has 0 bridgehead atoms. The number of carbonyl (C=O) groups excluding carboxylic acids is 1. The number of ether oxygens (including phenoxy) is 2. The average Bonchev–Trinajstić information content (AvgIpc) is 2.56. The Morgan fingerprint density at radius 2 is 1.61 bits per heavy atom. The normalized spacial score (nSPS) is 11.7. The maximum Gasteiger partial charge on any atom is 0.255 e. The number of amides is 1. The number of nitrogens with one attached hydrogen (secondary N) is 1. The SMILES string of the molecule is COc1cc(C)c(NC(=O)c2ccc(S(C)=O)cc2)cc1OC. The molecule has 0 aliphatic rings. The summed E-state index contributed by atoms with van der Waals surface area (Å²) in [6.45, 7) is 1.88. The molecule has 2 rings (SSSR count). The summed E-state index contributed by atoms with van der Waals surface area (Å²) in [5.41, 5.74) is 2.01. The Bertz CT molecular complexity index is 741. The minimum Gasteiger partial charge on any atom is -0.493 e. The molecule has 0 aromatic heterocycles. The Morgan fingerprint density at radius 3 is 2.13 bits per heavy atom. The van der Waals surface area contributed by atoms with Gasteiger partial charge < -0.3 is 14.8 Å². The number of hydrogen-bond donors (Lipinski definition) is 1. The van der Waals surface area contributed by atoms with Crippen LogP contribution in [0, 0.1) is 6.92 Å². The Labute approximate surface area is 138 Å². The molecule has 0 saturated heterocycles. The molecular formula is C17H19NO4S. The highest BCUT2D eigenvalue weighted by atomic mass is 32.2. The molecule has 0 radical (unpaired) electrons. The molecule has 0 aliphatic heterocycles. The van der Waals surface area contributed by atoms with Gasteiger partial charge >= 0.3 is 0 Å². The van der Waals surface area contributed by atoms with Crippen LogP contribution >= 0.6 is 0 Å². The Hall–Kier alpha value is -2.34. The summed E-state index contributed by atoms with van der Waals surface area (Å²) >= 11 is 0. The van der Waals surface area contributed by atoms with Crippen LogP contribution in [0.15, 0.2) is 41.3 Å². The zero-order valence-electron chi connectivity index (χ0n) is 13.5. The fraction of sp³-hybridized carbons (Fsp3) is 0.235. The van der Waals surface area contributed by atoms with E-state index in [1.807, 2.05) is 6.92 Å². The molecule has 0 spiro atoms. The van der Waals surface area contributed by atoms with Crippen molar-refractivity contribution in [1.29, 1.82) is 0 Å². The van der Waals surface area contributed by atoms with Crippen molar-refractivity contribution < 1.29 is 18.5 Å². The fourth-order valence-corrected chi connectivity index (χ4v) is 2.63. The van der Waals surface area contributed by atoms with Crippen molar-refractivity contribution in [3.63, 3.8) is 0 Å². The fourth-order valence-electron chi connectivity index (χ4n) is 2.11. The first-order valence-electron chi connectivity index (χ1n) is 6.93. The van der Waals surface area contributed by atoms with E-state index in [0.29, 0.717) is 27.6 Å². The van der Waals surface area contributed by atoms with Crippen molar-refractivity contribution in [2.24, 2.45) is 0 Å². The lowest BCUT2D eigenvalue weighted by molar-refractivity contribution is 0.102. The molecule has 1 N–H and O–H groups in total. The van der Waals surface area contributed by atoms with Gasteiger partial charge in [0.1, 0.15) is 0 Å². The summed E-state index contributed by atoms with van der Waals surface area (Å²) in [4.78, 5) is 13.0. The molecule has 2 aromatic carbocycles. The van der Waals surface area contributed by atoms with Crippen molar-refractivity contribution in [1.82, 2.24) is 0 Å².